The average Bonchev–Trinajstić information content (AvgIpc) is 2.37. The number of nitrogens with zero attached hydrogens (tertiary/aromatic N) is 4. The lowest BCUT2D eigenvalue weighted by Crippen LogP contribution is -2.36. The molecule has 1 unspecified atom stereocenters. The van der Waals surface area contributed by atoms with Gasteiger partial charge < -0.3 is 15.8 Å². The third-order valence-electron chi connectivity index (χ3n) is 2.85. The van der Waals surface area contributed by atoms with Crippen molar-refractivity contribution in [1.82, 2.24) is 9.97 Å². The minimum Gasteiger partial charge on any atom is -0.409 e. The molecule has 1 aromatic heterocycles. The van der Waals surface area contributed by atoms with Crippen LogP contribution in [-0.2, 0) is 0 Å². The van der Waals surface area contributed by atoms with Crippen LogP contribution in [0.3, 0.4) is 0 Å². The molecule has 0 amide bonds. The van der Waals surface area contributed by atoms with Crippen molar-refractivity contribution in [3.05, 3.63) is 17.6 Å². The van der Waals surface area contributed by atoms with Crippen LogP contribution < -0.4 is 10.6 Å². The van der Waals surface area contributed by atoms with Gasteiger partial charge in [-0.2, -0.15) is 0 Å². The van der Waals surface area contributed by atoms with E-state index in [1.807, 2.05) is 27.7 Å². The zero-order chi connectivity index (χ0) is 13.7. The molecule has 100 valence electrons. The largest absolute Gasteiger partial charge is 0.409 e. The van der Waals surface area contributed by atoms with Gasteiger partial charge in [-0.3, -0.25) is 4.98 Å². The number of amidine groups is 1. The summed E-state index contributed by atoms with van der Waals surface area (Å²) in [7, 11) is 0. The maximum atomic E-state index is 8.68. The fourth-order valence-electron chi connectivity index (χ4n) is 1.71. The monoisotopic (exact) mass is 251 g/mol. The van der Waals surface area contributed by atoms with Crippen LogP contribution in [0, 0.1) is 19.8 Å². The first-order valence-electron chi connectivity index (χ1n) is 6.02. The van der Waals surface area contributed by atoms with Gasteiger partial charge in [0.05, 0.1) is 11.4 Å². The van der Waals surface area contributed by atoms with Crippen molar-refractivity contribution >= 4 is 11.7 Å². The van der Waals surface area contributed by atoms with Gasteiger partial charge in [0.15, 0.2) is 0 Å². The lowest BCUT2D eigenvalue weighted by atomic mass is 10.1. The van der Waals surface area contributed by atoms with Crippen LogP contribution in [0.5, 0.6) is 0 Å². The summed E-state index contributed by atoms with van der Waals surface area (Å²) in [6.45, 7) is 9.24. The third-order valence-corrected chi connectivity index (χ3v) is 2.85. The van der Waals surface area contributed by atoms with Gasteiger partial charge in [-0.1, -0.05) is 12.1 Å². The van der Waals surface area contributed by atoms with Crippen LogP contribution in [-0.4, -0.2) is 34.1 Å². The summed E-state index contributed by atoms with van der Waals surface area (Å²) in [5.74, 6) is 1.04. The van der Waals surface area contributed by atoms with Crippen molar-refractivity contribution in [2.24, 2.45) is 16.8 Å². The van der Waals surface area contributed by atoms with E-state index in [4.69, 9.17) is 10.9 Å². The second-order valence-corrected chi connectivity index (χ2v) is 4.38. The first kappa shape index (κ1) is 14.2. The summed E-state index contributed by atoms with van der Waals surface area (Å²) in [6.07, 6.45) is 1.75. The first-order chi connectivity index (χ1) is 8.49. The summed E-state index contributed by atoms with van der Waals surface area (Å²) in [5, 5.41) is 11.7. The maximum Gasteiger partial charge on any atom is 0.150 e. The highest BCUT2D eigenvalue weighted by Crippen LogP contribution is 2.16. The number of aromatic nitrogens is 2. The number of hydrogen-bond acceptors (Lipinski definition) is 5. The Balaban J connectivity index is 2.93. The van der Waals surface area contributed by atoms with E-state index in [1.165, 1.54) is 0 Å². The van der Waals surface area contributed by atoms with Crippen molar-refractivity contribution < 1.29 is 5.21 Å². The Labute approximate surface area is 108 Å². The normalized spacial score (nSPS) is 13.4. The molecule has 0 spiro atoms. The van der Waals surface area contributed by atoms with E-state index in [-0.39, 0.29) is 11.8 Å². The topological polar surface area (TPSA) is 87.6 Å². The highest BCUT2D eigenvalue weighted by Gasteiger charge is 2.16. The van der Waals surface area contributed by atoms with Crippen LogP contribution in [0.25, 0.3) is 0 Å². The molecule has 0 saturated heterocycles. The smallest absolute Gasteiger partial charge is 0.150 e. The van der Waals surface area contributed by atoms with E-state index in [0.717, 1.165) is 23.8 Å². The van der Waals surface area contributed by atoms with Gasteiger partial charge in [-0.15, -0.1) is 0 Å². The van der Waals surface area contributed by atoms with Crippen LogP contribution >= 0.6 is 0 Å². The molecule has 6 heteroatoms. The fraction of sp³-hybridized carbons (Fsp3) is 0.583. The van der Waals surface area contributed by atoms with Crippen molar-refractivity contribution in [1.29, 1.82) is 0 Å². The van der Waals surface area contributed by atoms with E-state index >= 15 is 0 Å². The number of nitrogens with two attached hydrogens (primary N) is 1. The number of hydrogen-bond donors (Lipinski definition) is 2. The highest BCUT2D eigenvalue weighted by molar-refractivity contribution is 5.82. The second kappa shape index (κ2) is 6.18. The standard InChI is InChI=1S/C12H21N5O/c1-5-17(7-8(2)11(13)16-18)12-10(4)14-6-9(3)15-12/h6,8,18H,5,7H2,1-4H3,(H2,13,16). The predicted molar refractivity (Wildman–Crippen MR) is 72.0 cm³/mol. The van der Waals surface area contributed by atoms with Gasteiger partial charge in [0, 0.05) is 25.2 Å². The van der Waals surface area contributed by atoms with E-state index in [2.05, 4.69) is 20.0 Å². The first-order valence-corrected chi connectivity index (χ1v) is 6.02. The van der Waals surface area contributed by atoms with E-state index in [0.29, 0.717) is 6.54 Å². The molecule has 0 saturated carbocycles. The van der Waals surface area contributed by atoms with Gasteiger partial charge >= 0.3 is 0 Å². The van der Waals surface area contributed by atoms with Gasteiger partial charge in [-0.25, -0.2) is 4.98 Å². The molecular formula is C12H21N5O. The van der Waals surface area contributed by atoms with Gasteiger partial charge in [0.1, 0.15) is 11.7 Å². The van der Waals surface area contributed by atoms with Crippen molar-refractivity contribution in [3.63, 3.8) is 0 Å². The van der Waals surface area contributed by atoms with Crippen molar-refractivity contribution in [2.75, 3.05) is 18.0 Å². The minimum absolute atomic E-state index is 0.0448. The molecule has 1 aromatic rings. The quantitative estimate of drug-likeness (QED) is 0.356. The molecular weight excluding hydrogens is 230 g/mol. The molecule has 0 aromatic carbocycles. The Kier molecular flexibility index (Phi) is 4.88. The molecule has 0 fully saturated rings. The molecule has 18 heavy (non-hydrogen) atoms. The van der Waals surface area contributed by atoms with Crippen LogP contribution in [0.15, 0.2) is 11.4 Å². The summed E-state index contributed by atoms with van der Waals surface area (Å²) >= 11 is 0. The molecule has 1 heterocycles. The Hall–Kier alpha value is -1.85. The van der Waals surface area contributed by atoms with Crippen LogP contribution in [0.1, 0.15) is 25.2 Å². The van der Waals surface area contributed by atoms with Crippen molar-refractivity contribution in [3.8, 4) is 0 Å². The number of rotatable bonds is 5. The number of aryl methyl sites for hydroxylation is 2. The second-order valence-electron chi connectivity index (χ2n) is 4.38. The molecule has 1 rings (SSSR count). The average molecular weight is 251 g/mol. The zero-order valence-corrected chi connectivity index (χ0v) is 11.4. The lowest BCUT2D eigenvalue weighted by Gasteiger charge is -2.26. The van der Waals surface area contributed by atoms with Gasteiger partial charge in [0.25, 0.3) is 0 Å². The van der Waals surface area contributed by atoms with E-state index in [1.54, 1.807) is 6.20 Å². The molecule has 3 N–H and O–H groups in total. The molecule has 6 nitrogen and oxygen atoms in total. The number of oxime groups is 1. The van der Waals surface area contributed by atoms with E-state index in [9.17, 15) is 0 Å². The Morgan fingerprint density at radius 1 is 1.56 bits per heavy atom. The molecule has 0 aliphatic rings. The van der Waals surface area contributed by atoms with E-state index < -0.39 is 0 Å². The molecule has 0 aliphatic carbocycles. The summed E-state index contributed by atoms with van der Waals surface area (Å²) in [4.78, 5) is 10.9. The van der Waals surface area contributed by atoms with Crippen molar-refractivity contribution in [2.45, 2.75) is 27.7 Å². The van der Waals surface area contributed by atoms with Gasteiger partial charge in [0.2, 0.25) is 0 Å². The Bertz CT molecular complexity index is 432. The van der Waals surface area contributed by atoms with Gasteiger partial charge in [-0.05, 0) is 20.8 Å². The van der Waals surface area contributed by atoms with Crippen LogP contribution in [0.2, 0.25) is 0 Å². The Morgan fingerprint density at radius 3 is 2.78 bits per heavy atom. The lowest BCUT2D eigenvalue weighted by molar-refractivity contribution is 0.314. The molecule has 1 atom stereocenters. The molecule has 0 bridgehead atoms. The number of anilines is 1. The van der Waals surface area contributed by atoms with Crippen LogP contribution in [0.4, 0.5) is 5.82 Å². The summed E-state index contributed by atoms with van der Waals surface area (Å²) in [5.41, 5.74) is 7.37. The Morgan fingerprint density at radius 2 is 2.22 bits per heavy atom. The summed E-state index contributed by atoms with van der Waals surface area (Å²) in [6, 6.07) is 0. The SMILES string of the molecule is CCN(CC(C)C(N)=NO)c1nc(C)cnc1C. The fourth-order valence-corrected chi connectivity index (χ4v) is 1.71. The molecule has 0 radical (unpaired) electrons. The zero-order valence-electron chi connectivity index (χ0n) is 11.4. The highest BCUT2D eigenvalue weighted by atomic mass is 16.4. The third kappa shape index (κ3) is 3.32. The summed E-state index contributed by atoms with van der Waals surface area (Å²) < 4.78 is 0. The minimum atomic E-state index is -0.0448. The maximum absolute atomic E-state index is 8.68. The predicted octanol–water partition coefficient (Wildman–Crippen LogP) is 1.30. The molecule has 0 aliphatic heterocycles.